The first-order chi connectivity index (χ1) is 11.7. The monoisotopic (exact) mass is 338 g/mol. The average molecular weight is 338 g/mol. The smallest absolute Gasteiger partial charge is 0.274 e. The molecule has 2 aromatic carbocycles. The molecule has 0 aliphatic heterocycles. The minimum absolute atomic E-state index is 0.0143. The van der Waals surface area contributed by atoms with Gasteiger partial charge in [0.25, 0.3) is 5.69 Å². The number of carbonyl (C=O) groups is 1. The SMILES string of the molecule is Cc1ccc(NC(=O)C=Cc2ccc(C(C)(C)C)cc2)cc1[N+](=O)[O-]. The summed E-state index contributed by atoms with van der Waals surface area (Å²) in [5, 5.41) is 13.6. The van der Waals surface area contributed by atoms with E-state index in [-0.39, 0.29) is 17.0 Å². The number of nitro groups is 1. The summed E-state index contributed by atoms with van der Waals surface area (Å²) in [6.07, 6.45) is 3.13. The van der Waals surface area contributed by atoms with Crippen LogP contribution >= 0.6 is 0 Å². The molecule has 2 rings (SSSR count). The standard InChI is InChI=1S/C20H22N2O3/c1-14-5-11-17(13-18(14)22(24)25)21-19(23)12-8-15-6-9-16(10-7-15)20(2,3)4/h5-13H,1-4H3,(H,21,23). The summed E-state index contributed by atoms with van der Waals surface area (Å²) >= 11 is 0. The van der Waals surface area contributed by atoms with E-state index in [1.807, 2.05) is 24.3 Å². The molecule has 0 aliphatic carbocycles. The molecule has 0 heterocycles. The Hall–Kier alpha value is -2.95. The fourth-order valence-corrected chi connectivity index (χ4v) is 2.33. The van der Waals surface area contributed by atoms with Gasteiger partial charge in [-0.15, -0.1) is 0 Å². The van der Waals surface area contributed by atoms with Gasteiger partial charge >= 0.3 is 0 Å². The van der Waals surface area contributed by atoms with Crippen LogP contribution in [0.1, 0.15) is 37.5 Å². The van der Waals surface area contributed by atoms with Gasteiger partial charge in [-0.3, -0.25) is 14.9 Å². The number of anilines is 1. The second kappa shape index (κ2) is 7.30. The molecule has 0 aromatic heterocycles. The number of nitro benzene ring substituents is 1. The van der Waals surface area contributed by atoms with Crippen molar-refractivity contribution in [2.45, 2.75) is 33.1 Å². The highest BCUT2D eigenvalue weighted by Crippen LogP contribution is 2.23. The zero-order chi connectivity index (χ0) is 18.6. The summed E-state index contributed by atoms with van der Waals surface area (Å²) in [7, 11) is 0. The molecule has 0 radical (unpaired) electrons. The summed E-state index contributed by atoms with van der Waals surface area (Å²) in [4.78, 5) is 22.5. The molecule has 2 aromatic rings. The molecule has 0 spiro atoms. The van der Waals surface area contributed by atoms with Crippen molar-refractivity contribution in [1.82, 2.24) is 0 Å². The average Bonchev–Trinajstić information content (AvgIpc) is 2.54. The van der Waals surface area contributed by atoms with Gasteiger partial charge < -0.3 is 5.32 Å². The number of hydrogen-bond acceptors (Lipinski definition) is 3. The lowest BCUT2D eigenvalue weighted by Gasteiger charge is -2.18. The molecule has 130 valence electrons. The molecule has 0 saturated carbocycles. The molecule has 5 heteroatoms. The largest absolute Gasteiger partial charge is 0.322 e. The van der Waals surface area contributed by atoms with Crippen LogP contribution in [0.2, 0.25) is 0 Å². The van der Waals surface area contributed by atoms with Crippen LogP contribution in [0, 0.1) is 17.0 Å². The van der Waals surface area contributed by atoms with Gasteiger partial charge in [-0.05, 0) is 35.6 Å². The Bertz CT molecular complexity index is 816. The quantitative estimate of drug-likeness (QED) is 0.492. The third-order valence-corrected chi connectivity index (χ3v) is 3.88. The van der Waals surface area contributed by atoms with Crippen LogP contribution < -0.4 is 5.32 Å². The van der Waals surface area contributed by atoms with Gasteiger partial charge in [0, 0.05) is 23.4 Å². The number of hydrogen-bond donors (Lipinski definition) is 1. The van der Waals surface area contributed by atoms with E-state index in [4.69, 9.17) is 0 Å². The molecule has 0 fully saturated rings. The van der Waals surface area contributed by atoms with Crippen molar-refractivity contribution < 1.29 is 9.72 Å². The fourth-order valence-electron chi connectivity index (χ4n) is 2.33. The summed E-state index contributed by atoms with van der Waals surface area (Å²) in [6, 6.07) is 12.6. The molecule has 5 nitrogen and oxygen atoms in total. The number of amides is 1. The van der Waals surface area contributed by atoms with Crippen LogP contribution in [-0.4, -0.2) is 10.8 Å². The first kappa shape index (κ1) is 18.4. The normalized spacial score (nSPS) is 11.5. The minimum Gasteiger partial charge on any atom is -0.322 e. The summed E-state index contributed by atoms with van der Waals surface area (Å²) in [5.74, 6) is -0.335. The number of carbonyl (C=O) groups excluding carboxylic acids is 1. The van der Waals surface area contributed by atoms with E-state index in [0.717, 1.165) is 5.56 Å². The Morgan fingerprint density at radius 2 is 1.76 bits per heavy atom. The van der Waals surface area contributed by atoms with Gasteiger partial charge in [0.1, 0.15) is 0 Å². The van der Waals surface area contributed by atoms with Crippen LogP contribution in [0.15, 0.2) is 48.5 Å². The Morgan fingerprint density at radius 1 is 1.12 bits per heavy atom. The van der Waals surface area contributed by atoms with E-state index >= 15 is 0 Å². The van der Waals surface area contributed by atoms with E-state index in [1.54, 1.807) is 25.1 Å². The molecule has 0 saturated heterocycles. The molecular weight excluding hydrogens is 316 g/mol. The van der Waals surface area contributed by atoms with E-state index < -0.39 is 4.92 Å². The van der Waals surface area contributed by atoms with Crippen molar-refractivity contribution in [1.29, 1.82) is 0 Å². The van der Waals surface area contributed by atoms with Gasteiger partial charge in [-0.25, -0.2) is 0 Å². The van der Waals surface area contributed by atoms with Crippen LogP contribution in [0.5, 0.6) is 0 Å². The highest BCUT2D eigenvalue weighted by Gasteiger charge is 2.13. The zero-order valence-corrected chi connectivity index (χ0v) is 14.9. The van der Waals surface area contributed by atoms with Crippen molar-refractivity contribution in [2.75, 3.05) is 5.32 Å². The van der Waals surface area contributed by atoms with Gasteiger partial charge in [-0.2, -0.15) is 0 Å². The van der Waals surface area contributed by atoms with E-state index in [9.17, 15) is 14.9 Å². The summed E-state index contributed by atoms with van der Waals surface area (Å²) < 4.78 is 0. The number of nitrogens with one attached hydrogen (secondary N) is 1. The predicted octanol–water partition coefficient (Wildman–Crippen LogP) is 4.85. The maximum absolute atomic E-state index is 12.0. The molecular formula is C20H22N2O3. The van der Waals surface area contributed by atoms with Gasteiger partial charge in [0.05, 0.1) is 4.92 Å². The second-order valence-electron chi connectivity index (χ2n) is 6.95. The van der Waals surface area contributed by atoms with Crippen molar-refractivity contribution in [3.05, 3.63) is 75.3 Å². The Balaban J connectivity index is 2.06. The first-order valence-electron chi connectivity index (χ1n) is 8.01. The van der Waals surface area contributed by atoms with Crippen molar-refractivity contribution in [2.24, 2.45) is 0 Å². The lowest BCUT2D eigenvalue weighted by atomic mass is 9.87. The van der Waals surface area contributed by atoms with E-state index in [2.05, 4.69) is 26.1 Å². The van der Waals surface area contributed by atoms with Crippen molar-refractivity contribution >= 4 is 23.4 Å². The highest BCUT2D eigenvalue weighted by molar-refractivity contribution is 6.02. The molecule has 0 aliphatic rings. The Morgan fingerprint density at radius 3 is 2.32 bits per heavy atom. The molecule has 1 amide bonds. The Labute approximate surface area is 147 Å². The van der Waals surface area contributed by atoms with E-state index in [1.165, 1.54) is 17.7 Å². The topological polar surface area (TPSA) is 72.2 Å². The van der Waals surface area contributed by atoms with Crippen LogP contribution in [0.3, 0.4) is 0 Å². The third kappa shape index (κ3) is 5.01. The number of nitrogens with zero attached hydrogens (tertiary/aromatic N) is 1. The number of rotatable bonds is 4. The van der Waals surface area contributed by atoms with Crippen LogP contribution in [0.4, 0.5) is 11.4 Å². The third-order valence-electron chi connectivity index (χ3n) is 3.88. The maximum atomic E-state index is 12.0. The zero-order valence-electron chi connectivity index (χ0n) is 14.9. The number of aryl methyl sites for hydroxylation is 1. The first-order valence-corrected chi connectivity index (χ1v) is 8.01. The lowest BCUT2D eigenvalue weighted by Crippen LogP contribution is -2.10. The summed E-state index contributed by atoms with van der Waals surface area (Å²) in [5.41, 5.74) is 3.16. The van der Waals surface area contributed by atoms with Crippen LogP contribution in [0.25, 0.3) is 6.08 Å². The highest BCUT2D eigenvalue weighted by atomic mass is 16.6. The molecule has 0 bridgehead atoms. The molecule has 0 atom stereocenters. The number of benzene rings is 2. The predicted molar refractivity (Wildman–Crippen MR) is 101 cm³/mol. The summed E-state index contributed by atoms with van der Waals surface area (Å²) in [6.45, 7) is 8.09. The second-order valence-corrected chi connectivity index (χ2v) is 6.95. The molecule has 0 unspecified atom stereocenters. The van der Waals surface area contributed by atoms with Gasteiger partial charge in [-0.1, -0.05) is 51.1 Å². The van der Waals surface area contributed by atoms with E-state index in [0.29, 0.717) is 11.3 Å². The van der Waals surface area contributed by atoms with Crippen molar-refractivity contribution in [3.8, 4) is 0 Å². The van der Waals surface area contributed by atoms with Gasteiger partial charge in [0.2, 0.25) is 5.91 Å². The maximum Gasteiger partial charge on any atom is 0.274 e. The Kier molecular flexibility index (Phi) is 5.37. The van der Waals surface area contributed by atoms with Gasteiger partial charge in [0.15, 0.2) is 0 Å². The fraction of sp³-hybridized carbons (Fsp3) is 0.250. The minimum atomic E-state index is -0.461. The lowest BCUT2D eigenvalue weighted by molar-refractivity contribution is -0.385. The van der Waals surface area contributed by atoms with Crippen molar-refractivity contribution in [3.63, 3.8) is 0 Å². The molecule has 1 N–H and O–H groups in total. The van der Waals surface area contributed by atoms with Crippen LogP contribution in [-0.2, 0) is 10.2 Å². The molecule has 25 heavy (non-hydrogen) atoms.